The molecule has 1 aliphatic carbocycles. The Labute approximate surface area is 220 Å². The molecule has 0 atom stereocenters. The summed E-state index contributed by atoms with van der Waals surface area (Å²) in [5.74, 6) is 0. The van der Waals surface area contributed by atoms with Gasteiger partial charge in [-0.2, -0.15) is 0 Å². The molecule has 5 aromatic carbocycles. The molecule has 0 fully saturated rings. The molecule has 0 radical (unpaired) electrons. The molecule has 0 spiro atoms. The lowest BCUT2D eigenvalue weighted by atomic mass is 9.87. The van der Waals surface area contributed by atoms with Crippen LogP contribution in [-0.4, -0.2) is 7.05 Å². The zero-order valence-corrected chi connectivity index (χ0v) is 21.5. The van der Waals surface area contributed by atoms with Gasteiger partial charge in [0.25, 0.3) is 0 Å². The molecule has 0 bridgehead atoms. The number of fused-ring (bicyclic) bond motifs is 1. The first-order valence-electron chi connectivity index (χ1n) is 13.0. The van der Waals surface area contributed by atoms with Gasteiger partial charge in [0.2, 0.25) is 0 Å². The third-order valence-corrected chi connectivity index (χ3v) is 7.46. The van der Waals surface area contributed by atoms with Crippen molar-refractivity contribution in [3.63, 3.8) is 0 Å². The summed E-state index contributed by atoms with van der Waals surface area (Å²) < 4.78 is 0. The summed E-state index contributed by atoms with van der Waals surface area (Å²) in [5.41, 5.74) is 14.1. The fourth-order valence-electron chi connectivity index (χ4n) is 5.00. The largest absolute Gasteiger partial charge is 0.345 e. The summed E-state index contributed by atoms with van der Waals surface area (Å²) in [4.78, 5) is 2.25. The number of aryl methyl sites for hydroxylation is 3. The van der Waals surface area contributed by atoms with E-state index in [9.17, 15) is 0 Å². The van der Waals surface area contributed by atoms with E-state index in [1.807, 2.05) is 0 Å². The van der Waals surface area contributed by atoms with Crippen molar-refractivity contribution in [1.82, 2.24) is 0 Å². The normalized spacial score (nSPS) is 12.3. The summed E-state index contributed by atoms with van der Waals surface area (Å²) >= 11 is 0. The molecule has 6 rings (SSSR count). The summed E-state index contributed by atoms with van der Waals surface area (Å²) in [6.07, 6.45) is 6.89. The number of anilines is 2. The molecule has 0 heterocycles. The minimum atomic E-state index is 1.17. The number of nitrogens with zero attached hydrogens (tertiary/aromatic N) is 1. The van der Waals surface area contributed by atoms with Crippen molar-refractivity contribution in [3.8, 4) is 22.3 Å². The third kappa shape index (κ3) is 4.99. The molecule has 1 nitrogen and oxygen atoms in total. The van der Waals surface area contributed by atoms with Gasteiger partial charge in [-0.05, 0) is 94.6 Å². The Morgan fingerprint density at radius 1 is 0.514 bits per heavy atom. The van der Waals surface area contributed by atoms with Crippen LogP contribution in [0.25, 0.3) is 34.4 Å². The van der Waals surface area contributed by atoms with Gasteiger partial charge in [-0.15, -0.1) is 0 Å². The molecule has 5 aromatic rings. The van der Waals surface area contributed by atoms with Gasteiger partial charge in [0, 0.05) is 18.4 Å². The summed E-state index contributed by atoms with van der Waals surface area (Å²) in [5, 5.41) is 0. The topological polar surface area (TPSA) is 3.24 Å². The summed E-state index contributed by atoms with van der Waals surface area (Å²) in [6.45, 7) is 2.12. The minimum absolute atomic E-state index is 1.17. The van der Waals surface area contributed by atoms with Gasteiger partial charge >= 0.3 is 0 Å². The molecule has 37 heavy (non-hydrogen) atoms. The molecule has 0 N–H and O–H groups in total. The lowest BCUT2D eigenvalue weighted by Crippen LogP contribution is -2.09. The van der Waals surface area contributed by atoms with Crippen molar-refractivity contribution >= 4 is 23.5 Å². The van der Waals surface area contributed by atoms with Gasteiger partial charge in [0.15, 0.2) is 0 Å². The average Bonchev–Trinajstić information content (AvgIpc) is 2.93. The highest BCUT2D eigenvalue weighted by atomic mass is 15.1. The molecule has 0 saturated heterocycles. The SMILES string of the molecule is Cc1ccc(-c2ccc(N(C)c3cccc(-c4cccc(C=Cc5ccc6c(c5)CC6)c4)c3)cc2)cc1. The highest BCUT2D eigenvalue weighted by molar-refractivity contribution is 5.77. The van der Waals surface area contributed by atoms with Crippen LogP contribution in [0.15, 0.2) is 115 Å². The standard InChI is InChI=1S/C36H31N/c1-26-9-14-29(15-10-26)30-19-21-35(22-20-30)37(2)36-8-4-7-33(25-36)32-6-3-5-27(23-32)11-12-28-13-16-31-17-18-34(31)24-28/h3-16,19-25H,17-18H2,1-2H3. The quantitative estimate of drug-likeness (QED) is 0.220. The Kier molecular flexibility index (Phi) is 6.20. The number of rotatable bonds is 6. The Morgan fingerprint density at radius 2 is 1.14 bits per heavy atom. The van der Waals surface area contributed by atoms with Crippen molar-refractivity contribution in [2.75, 3.05) is 11.9 Å². The molecular formula is C36H31N. The van der Waals surface area contributed by atoms with Crippen molar-refractivity contribution in [2.45, 2.75) is 19.8 Å². The predicted octanol–water partition coefficient (Wildman–Crippen LogP) is 9.37. The Balaban J connectivity index is 1.21. The van der Waals surface area contributed by atoms with Crippen LogP contribution in [0.2, 0.25) is 0 Å². The molecule has 180 valence electrons. The molecule has 0 saturated carbocycles. The second-order valence-electron chi connectivity index (χ2n) is 10.0. The van der Waals surface area contributed by atoms with Gasteiger partial charge in [0.05, 0.1) is 0 Å². The number of hydrogen-bond donors (Lipinski definition) is 0. The molecule has 0 aliphatic heterocycles. The maximum absolute atomic E-state index is 2.33. The molecular weight excluding hydrogens is 446 g/mol. The van der Waals surface area contributed by atoms with Crippen LogP contribution in [0.1, 0.15) is 27.8 Å². The van der Waals surface area contributed by atoms with Crippen LogP contribution in [0.5, 0.6) is 0 Å². The van der Waals surface area contributed by atoms with E-state index in [2.05, 4.69) is 146 Å². The van der Waals surface area contributed by atoms with Crippen LogP contribution < -0.4 is 4.90 Å². The van der Waals surface area contributed by atoms with E-state index in [-0.39, 0.29) is 0 Å². The molecule has 1 heteroatoms. The van der Waals surface area contributed by atoms with Gasteiger partial charge < -0.3 is 4.90 Å². The fraction of sp³-hybridized carbons (Fsp3) is 0.111. The Hall–Kier alpha value is -4.36. The van der Waals surface area contributed by atoms with Crippen LogP contribution >= 0.6 is 0 Å². The van der Waals surface area contributed by atoms with Gasteiger partial charge in [-0.25, -0.2) is 0 Å². The molecule has 0 unspecified atom stereocenters. The van der Waals surface area contributed by atoms with Crippen molar-refractivity contribution in [1.29, 1.82) is 0 Å². The number of hydrogen-bond acceptors (Lipinski definition) is 1. The van der Waals surface area contributed by atoms with Crippen molar-refractivity contribution < 1.29 is 0 Å². The maximum atomic E-state index is 2.33. The smallest absolute Gasteiger partial charge is 0.0414 e. The van der Waals surface area contributed by atoms with Gasteiger partial charge in [0.1, 0.15) is 0 Å². The monoisotopic (exact) mass is 477 g/mol. The first-order chi connectivity index (χ1) is 18.1. The van der Waals surface area contributed by atoms with Crippen LogP contribution in [0, 0.1) is 6.92 Å². The van der Waals surface area contributed by atoms with E-state index in [4.69, 9.17) is 0 Å². The zero-order chi connectivity index (χ0) is 25.2. The van der Waals surface area contributed by atoms with E-state index < -0.39 is 0 Å². The Bertz CT molecular complexity index is 1570. The van der Waals surface area contributed by atoms with Crippen molar-refractivity contribution in [3.05, 3.63) is 143 Å². The lowest BCUT2D eigenvalue weighted by molar-refractivity contribution is 0.839. The highest BCUT2D eigenvalue weighted by Gasteiger charge is 2.12. The molecule has 0 aromatic heterocycles. The lowest BCUT2D eigenvalue weighted by Gasteiger charge is -2.21. The van der Waals surface area contributed by atoms with Crippen LogP contribution in [-0.2, 0) is 12.8 Å². The van der Waals surface area contributed by atoms with Crippen LogP contribution in [0.4, 0.5) is 11.4 Å². The first-order valence-corrected chi connectivity index (χ1v) is 13.0. The minimum Gasteiger partial charge on any atom is -0.345 e. The van der Waals surface area contributed by atoms with E-state index in [1.165, 1.54) is 74.3 Å². The second-order valence-corrected chi connectivity index (χ2v) is 10.0. The van der Waals surface area contributed by atoms with Gasteiger partial charge in [-0.1, -0.05) is 103 Å². The van der Waals surface area contributed by atoms with E-state index in [1.54, 1.807) is 0 Å². The predicted molar refractivity (Wildman–Crippen MR) is 159 cm³/mol. The first kappa shape index (κ1) is 23.1. The average molecular weight is 478 g/mol. The maximum Gasteiger partial charge on any atom is 0.0414 e. The molecule has 1 aliphatic rings. The fourth-order valence-corrected chi connectivity index (χ4v) is 5.00. The van der Waals surface area contributed by atoms with Gasteiger partial charge in [-0.3, -0.25) is 0 Å². The third-order valence-electron chi connectivity index (χ3n) is 7.46. The second kappa shape index (κ2) is 9.95. The van der Waals surface area contributed by atoms with Crippen LogP contribution in [0.3, 0.4) is 0 Å². The molecule has 0 amide bonds. The van der Waals surface area contributed by atoms with Crippen molar-refractivity contribution in [2.24, 2.45) is 0 Å². The highest BCUT2D eigenvalue weighted by Crippen LogP contribution is 2.31. The van der Waals surface area contributed by atoms with E-state index >= 15 is 0 Å². The van der Waals surface area contributed by atoms with E-state index in [0.717, 1.165) is 0 Å². The Morgan fingerprint density at radius 3 is 1.81 bits per heavy atom. The zero-order valence-electron chi connectivity index (χ0n) is 21.5. The summed E-state index contributed by atoms with van der Waals surface area (Å²) in [6, 6.07) is 41.9. The summed E-state index contributed by atoms with van der Waals surface area (Å²) in [7, 11) is 2.13. The number of benzene rings is 5. The van der Waals surface area contributed by atoms with E-state index in [0.29, 0.717) is 0 Å².